The van der Waals surface area contributed by atoms with Crippen molar-refractivity contribution in [3.8, 4) is 0 Å². The van der Waals surface area contributed by atoms with Crippen LogP contribution in [0.25, 0.3) is 0 Å². The smallest absolute Gasteiger partial charge is 0.252 e. The summed E-state index contributed by atoms with van der Waals surface area (Å²) in [5.74, 6) is 0. The Morgan fingerprint density at radius 2 is 1.83 bits per heavy atom. The van der Waals surface area contributed by atoms with Crippen LogP contribution >= 0.6 is 22.9 Å². The molecule has 18 heavy (non-hydrogen) atoms. The summed E-state index contributed by atoms with van der Waals surface area (Å²) in [6.07, 6.45) is 0. The molecule has 2 atom stereocenters. The van der Waals surface area contributed by atoms with Crippen LogP contribution in [0.2, 0.25) is 4.34 Å². The van der Waals surface area contributed by atoms with E-state index in [-0.39, 0.29) is 12.1 Å². The molecule has 0 aromatic carbocycles. The molecule has 1 saturated heterocycles. The van der Waals surface area contributed by atoms with Crippen LogP contribution in [0.4, 0.5) is 0 Å². The Balaban J connectivity index is 2.26. The largest absolute Gasteiger partial charge is 0.298 e. The zero-order valence-corrected chi connectivity index (χ0v) is 13.0. The highest BCUT2D eigenvalue weighted by Gasteiger charge is 2.35. The van der Waals surface area contributed by atoms with Gasteiger partial charge in [-0.1, -0.05) is 11.6 Å². The summed E-state index contributed by atoms with van der Waals surface area (Å²) in [6, 6.07) is 3.65. The van der Waals surface area contributed by atoms with E-state index in [1.165, 1.54) is 0 Å². The van der Waals surface area contributed by atoms with Crippen LogP contribution in [-0.2, 0) is 10.0 Å². The number of rotatable bonds is 2. The number of hydrogen-bond donors (Lipinski definition) is 0. The summed E-state index contributed by atoms with van der Waals surface area (Å²) in [7, 11) is -1.36. The lowest BCUT2D eigenvalue weighted by atomic mass is 10.1. The number of hydrogen-bond acceptors (Lipinski definition) is 4. The van der Waals surface area contributed by atoms with E-state index in [2.05, 4.69) is 4.90 Å². The Bertz CT molecular complexity index is 517. The maximum Gasteiger partial charge on any atom is 0.252 e. The first-order valence-corrected chi connectivity index (χ1v) is 8.43. The number of nitrogens with zero attached hydrogens (tertiary/aromatic N) is 2. The van der Waals surface area contributed by atoms with Gasteiger partial charge in [0.05, 0.1) is 4.34 Å². The third-order valence-corrected chi connectivity index (χ3v) is 7.00. The van der Waals surface area contributed by atoms with Gasteiger partial charge in [0, 0.05) is 25.2 Å². The van der Waals surface area contributed by atoms with E-state index in [0.29, 0.717) is 21.6 Å². The van der Waals surface area contributed by atoms with Gasteiger partial charge in [-0.15, -0.1) is 11.3 Å². The highest BCUT2D eigenvalue weighted by Crippen LogP contribution is 2.29. The summed E-state index contributed by atoms with van der Waals surface area (Å²) in [6.45, 7) is 5.14. The lowest BCUT2D eigenvalue weighted by molar-refractivity contribution is 0.105. The van der Waals surface area contributed by atoms with Crippen LogP contribution in [0.3, 0.4) is 0 Å². The molecule has 0 radical (unpaired) electrons. The minimum atomic E-state index is -3.39. The zero-order valence-electron chi connectivity index (χ0n) is 10.6. The molecule has 1 aliphatic rings. The normalized spacial score (nSPS) is 27.6. The van der Waals surface area contributed by atoms with Crippen LogP contribution in [0, 0.1) is 0 Å². The van der Waals surface area contributed by atoms with E-state index in [4.69, 9.17) is 11.6 Å². The molecule has 0 spiro atoms. The fourth-order valence-electron chi connectivity index (χ4n) is 2.12. The third-order valence-electron chi connectivity index (χ3n) is 3.47. The highest BCUT2D eigenvalue weighted by molar-refractivity contribution is 7.91. The Hall–Kier alpha value is -0.140. The van der Waals surface area contributed by atoms with Gasteiger partial charge in [-0.2, -0.15) is 4.31 Å². The molecular weight excluding hydrogens is 292 g/mol. The molecule has 1 aromatic heterocycles. The monoisotopic (exact) mass is 308 g/mol. The second-order valence-electron chi connectivity index (χ2n) is 4.74. The number of thiophene rings is 1. The first kappa shape index (κ1) is 14.3. The second kappa shape index (κ2) is 5.09. The molecule has 2 rings (SSSR count). The van der Waals surface area contributed by atoms with Gasteiger partial charge in [0.25, 0.3) is 10.0 Å². The second-order valence-corrected chi connectivity index (χ2v) is 8.62. The fourth-order valence-corrected chi connectivity index (χ4v) is 5.35. The van der Waals surface area contributed by atoms with Crippen molar-refractivity contribution in [2.75, 3.05) is 20.1 Å². The Morgan fingerprint density at radius 3 is 2.28 bits per heavy atom. The van der Waals surface area contributed by atoms with Crippen molar-refractivity contribution in [1.82, 2.24) is 9.21 Å². The van der Waals surface area contributed by atoms with Gasteiger partial charge in [-0.05, 0) is 33.0 Å². The number of sulfonamides is 1. The predicted molar refractivity (Wildman–Crippen MR) is 74.8 cm³/mol. The van der Waals surface area contributed by atoms with Crippen molar-refractivity contribution in [2.45, 2.75) is 30.1 Å². The van der Waals surface area contributed by atoms with Gasteiger partial charge in [-0.3, -0.25) is 4.90 Å². The summed E-state index contributed by atoms with van der Waals surface area (Å²) in [5.41, 5.74) is 0. The molecule has 0 saturated carbocycles. The maximum absolute atomic E-state index is 12.5. The van der Waals surface area contributed by atoms with Gasteiger partial charge >= 0.3 is 0 Å². The minimum Gasteiger partial charge on any atom is -0.298 e. The number of halogens is 1. The molecule has 2 heterocycles. The average Bonchev–Trinajstić information content (AvgIpc) is 2.72. The Labute approximate surface area is 117 Å². The summed E-state index contributed by atoms with van der Waals surface area (Å²) >= 11 is 6.93. The van der Waals surface area contributed by atoms with E-state index in [1.54, 1.807) is 16.4 Å². The van der Waals surface area contributed by atoms with E-state index in [9.17, 15) is 8.42 Å². The van der Waals surface area contributed by atoms with Crippen LogP contribution in [0.1, 0.15) is 13.8 Å². The van der Waals surface area contributed by atoms with Gasteiger partial charge in [0.2, 0.25) is 0 Å². The fraction of sp³-hybridized carbons (Fsp3) is 0.636. The first-order valence-electron chi connectivity index (χ1n) is 5.80. The Morgan fingerprint density at radius 1 is 1.28 bits per heavy atom. The molecule has 0 aliphatic carbocycles. The van der Waals surface area contributed by atoms with Gasteiger partial charge < -0.3 is 0 Å². The van der Waals surface area contributed by atoms with Gasteiger partial charge in [-0.25, -0.2) is 8.42 Å². The summed E-state index contributed by atoms with van der Waals surface area (Å²) < 4.78 is 27.3. The SMILES string of the molecule is CC1CN(S(=O)(=O)c2ccc(Cl)s2)CC(C)N1C. The van der Waals surface area contributed by atoms with Crippen molar-refractivity contribution in [3.05, 3.63) is 16.5 Å². The van der Waals surface area contributed by atoms with Gasteiger partial charge in [0.1, 0.15) is 4.21 Å². The molecule has 2 unspecified atom stereocenters. The first-order chi connectivity index (χ1) is 8.32. The number of piperazine rings is 1. The van der Waals surface area contributed by atoms with Crippen LogP contribution in [0.5, 0.6) is 0 Å². The van der Waals surface area contributed by atoms with Crippen LogP contribution < -0.4 is 0 Å². The maximum atomic E-state index is 12.5. The molecule has 7 heteroatoms. The third kappa shape index (κ3) is 2.58. The molecule has 102 valence electrons. The van der Waals surface area contributed by atoms with E-state index < -0.39 is 10.0 Å². The number of likely N-dealkylation sites (N-methyl/N-ethyl adjacent to an activating group) is 1. The molecule has 1 aliphatic heterocycles. The van der Waals surface area contributed by atoms with Crippen molar-refractivity contribution in [2.24, 2.45) is 0 Å². The standard InChI is InChI=1S/C11H17ClN2O2S2/c1-8-6-14(7-9(2)13(8)3)18(15,16)11-5-4-10(12)17-11/h4-5,8-9H,6-7H2,1-3H3. The molecular formula is C11H17ClN2O2S2. The summed E-state index contributed by atoms with van der Waals surface area (Å²) in [4.78, 5) is 2.20. The quantitative estimate of drug-likeness (QED) is 0.840. The van der Waals surface area contributed by atoms with Crippen molar-refractivity contribution < 1.29 is 8.42 Å². The molecule has 4 nitrogen and oxygen atoms in total. The van der Waals surface area contributed by atoms with Crippen molar-refractivity contribution in [1.29, 1.82) is 0 Å². The van der Waals surface area contributed by atoms with Crippen LogP contribution in [-0.4, -0.2) is 49.8 Å². The Kier molecular flexibility index (Phi) is 4.04. The van der Waals surface area contributed by atoms with Crippen molar-refractivity contribution in [3.63, 3.8) is 0 Å². The average molecular weight is 309 g/mol. The molecule has 1 fully saturated rings. The van der Waals surface area contributed by atoms with E-state index in [0.717, 1.165) is 11.3 Å². The minimum absolute atomic E-state index is 0.221. The lowest BCUT2D eigenvalue weighted by Gasteiger charge is -2.41. The molecule has 0 N–H and O–H groups in total. The van der Waals surface area contributed by atoms with Crippen LogP contribution in [0.15, 0.2) is 16.3 Å². The highest BCUT2D eigenvalue weighted by atomic mass is 35.5. The van der Waals surface area contributed by atoms with Crippen molar-refractivity contribution >= 4 is 33.0 Å². The van der Waals surface area contributed by atoms with E-state index in [1.807, 2.05) is 20.9 Å². The molecule has 0 bridgehead atoms. The topological polar surface area (TPSA) is 40.6 Å². The predicted octanol–water partition coefficient (Wildman–Crippen LogP) is 2.11. The van der Waals surface area contributed by atoms with E-state index >= 15 is 0 Å². The molecule has 1 aromatic rings. The lowest BCUT2D eigenvalue weighted by Crippen LogP contribution is -2.56. The zero-order chi connectivity index (χ0) is 13.5. The molecule has 0 amide bonds. The van der Waals surface area contributed by atoms with Gasteiger partial charge in [0.15, 0.2) is 0 Å². The summed E-state index contributed by atoms with van der Waals surface area (Å²) in [5, 5.41) is 0.